The topological polar surface area (TPSA) is 20.2 Å². The summed E-state index contributed by atoms with van der Waals surface area (Å²) < 4.78 is 1.02. The average molecular weight is 360 g/mol. The van der Waals surface area contributed by atoms with Crippen molar-refractivity contribution in [3.63, 3.8) is 0 Å². The highest BCUT2D eigenvalue weighted by Crippen LogP contribution is 2.24. The van der Waals surface area contributed by atoms with Crippen LogP contribution in [-0.4, -0.2) is 11.2 Å². The fraction of sp³-hybridized carbons (Fsp3) is 0.200. The second kappa shape index (κ2) is 6.76. The molecular weight excluding hydrogens is 347 g/mol. The number of aliphatic hydroxyl groups excluding tert-OH is 1. The second-order valence-corrected chi connectivity index (χ2v) is 6.07. The molecule has 0 amide bonds. The van der Waals surface area contributed by atoms with Crippen LogP contribution in [0, 0.1) is 0 Å². The van der Waals surface area contributed by atoms with Gasteiger partial charge in [0.2, 0.25) is 0 Å². The van der Waals surface area contributed by atoms with E-state index in [1.54, 1.807) is 12.1 Å². The Morgan fingerprint density at radius 2 is 1.74 bits per heavy atom. The smallest absolute Gasteiger partial charge is 0.0621 e. The van der Waals surface area contributed by atoms with Crippen molar-refractivity contribution in [3.8, 4) is 0 Å². The lowest BCUT2D eigenvalue weighted by atomic mass is 10.0. The van der Waals surface area contributed by atoms with Crippen molar-refractivity contribution in [2.45, 2.75) is 18.9 Å². The molecule has 0 heterocycles. The van der Waals surface area contributed by atoms with E-state index in [4.69, 9.17) is 23.2 Å². The molecule has 1 unspecified atom stereocenters. The summed E-state index contributed by atoms with van der Waals surface area (Å²) in [6, 6.07) is 13.3. The van der Waals surface area contributed by atoms with Gasteiger partial charge in [-0.1, -0.05) is 63.4 Å². The Hall–Kier alpha value is -0.540. The van der Waals surface area contributed by atoms with E-state index in [0.717, 1.165) is 15.6 Å². The van der Waals surface area contributed by atoms with Gasteiger partial charge in [-0.3, -0.25) is 0 Å². The fourth-order valence-corrected chi connectivity index (χ4v) is 2.70. The summed E-state index contributed by atoms with van der Waals surface area (Å²) in [6.07, 6.45) is 0.704. The number of hydrogen-bond donors (Lipinski definition) is 1. The highest BCUT2D eigenvalue weighted by molar-refractivity contribution is 9.10. The molecule has 1 nitrogen and oxygen atoms in total. The lowest BCUT2D eigenvalue weighted by molar-refractivity contribution is 0.175. The monoisotopic (exact) mass is 358 g/mol. The molecule has 1 N–H and O–H groups in total. The van der Waals surface area contributed by atoms with Crippen molar-refractivity contribution in [2.75, 3.05) is 0 Å². The molecule has 1 atom stereocenters. The minimum atomic E-state index is -0.448. The maximum Gasteiger partial charge on any atom is 0.0621 e. The lowest BCUT2D eigenvalue weighted by Crippen LogP contribution is -2.14. The normalized spacial score (nSPS) is 12.4. The number of benzene rings is 2. The molecular formula is C15H13BrCl2O. The zero-order valence-electron chi connectivity index (χ0n) is 10.1. The minimum absolute atomic E-state index is 0.448. The molecule has 2 aromatic rings. The van der Waals surface area contributed by atoms with Crippen LogP contribution in [0.1, 0.15) is 11.1 Å². The van der Waals surface area contributed by atoms with Gasteiger partial charge in [-0.05, 0) is 42.2 Å². The highest BCUT2D eigenvalue weighted by atomic mass is 79.9. The molecule has 0 fully saturated rings. The van der Waals surface area contributed by atoms with E-state index in [1.807, 2.05) is 30.3 Å². The molecule has 0 aliphatic rings. The number of halogens is 3. The Morgan fingerprint density at radius 1 is 1.00 bits per heavy atom. The first-order chi connectivity index (χ1) is 9.06. The zero-order chi connectivity index (χ0) is 13.8. The van der Waals surface area contributed by atoms with E-state index in [9.17, 15) is 5.11 Å². The van der Waals surface area contributed by atoms with E-state index < -0.39 is 6.10 Å². The number of aliphatic hydroxyl groups is 1. The number of hydrogen-bond acceptors (Lipinski definition) is 1. The summed E-state index contributed by atoms with van der Waals surface area (Å²) in [5.74, 6) is 0. The van der Waals surface area contributed by atoms with Crippen LogP contribution in [0.2, 0.25) is 10.0 Å². The first-order valence-corrected chi connectivity index (χ1v) is 7.46. The van der Waals surface area contributed by atoms with Crippen molar-refractivity contribution < 1.29 is 5.11 Å². The molecule has 0 aromatic heterocycles. The van der Waals surface area contributed by atoms with Crippen molar-refractivity contribution in [3.05, 3.63) is 68.1 Å². The van der Waals surface area contributed by atoms with E-state index in [0.29, 0.717) is 22.9 Å². The summed E-state index contributed by atoms with van der Waals surface area (Å²) in [5, 5.41) is 11.2. The molecule has 0 bridgehead atoms. The van der Waals surface area contributed by atoms with E-state index in [2.05, 4.69) is 15.9 Å². The third-order valence-electron chi connectivity index (χ3n) is 2.87. The van der Waals surface area contributed by atoms with Gasteiger partial charge in [0.1, 0.15) is 0 Å². The molecule has 19 heavy (non-hydrogen) atoms. The van der Waals surface area contributed by atoms with Gasteiger partial charge in [-0.25, -0.2) is 0 Å². The third kappa shape index (κ3) is 4.22. The molecule has 100 valence electrons. The van der Waals surface area contributed by atoms with Crippen molar-refractivity contribution >= 4 is 39.1 Å². The second-order valence-electron chi connectivity index (χ2n) is 4.40. The third-order valence-corrected chi connectivity index (χ3v) is 4.38. The summed E-state index contributed by atoms with van der Waals surface area (Å²) >= 11 is 15.3. The Labute approximate surface area is 131 Å². The van der Waals surface area contributed by atoms with Crippen molar-refractivity contribution in [1.82, 2.24) is 0 Å². The summed E-state index contributed by atoms with van der Waals surface area (Å²) in [7, 11) is 0. The van der Waals surface area contributed by atoms with Gasteiger partial charge < -0.3 is 5.11 Å². The maximum atomic E-state index is 10.1. The van der Waals surface area contributed by atoms with Crippen LogP contribution in [0.5, 0.6) is 0 Å². The minimum Gasteiger partial charge on any atom is -0.392 e. The highest BCUT2D eigenvalue weighted by Gasteiger charge is 2.10. The van der Waals surface area contributed by atoms with Crippen LogP contribution in [0.3, 0.4) is 0 Å². The lowest BCUT2D eigenvalue weighted by Gasteiger charge is -2.12. The van der Waals surface area contributed by atoms with Crippen LogP contribution in [0.4, 0.5) is 0 Å². The maximum absolute atomic E-state index is 10.1. The Kier molecular flexibility index (Phi) is 5.28. The molecule has 0 aliphatic heterocycles. The van der Waals surface area contributed by atoms with Crippen LogP contribution >= 0.6 is 39.1 Å². The Bertz CT molecular complexity index is 572. The van der Waals surface area contributed by atoms with Gasteiger partial charge in [-0.2, -0.15) is 0 Å². The van der Waals surface area contributed by atoms with Gasteiger partial charge in [0, 0.05) is 4.47 Å². The molecule has 4 heteroatoms. The van der Waals surface area contributed by atoms with Gasteiger partial charge in [0.05, 0.1) is 16.1 Å². The van der Waals surface area contributed by atoms with Gasteiger partial charge in [0.25, 0.3) is 0 Å². The Balaban J connectivity index is 2.03. The first kappa shape index (κ1) is 14.9. The SMILES string of the molecule is OC(Cc1ccc(Cl)c(Cl)c1)Cc1ccccc1Br. The van der Waals surface area contributed by atoms with Crippen LogP contribution in [0.25, 0.3) is 0 Å². The zero-order valence-corrected chi connectivity index (χ0v) is 13.2. The van der Waals surface area contributed by atoms with Gasteiger partial charge in [0.15, 0.2) is 0 Å². The quantitative estimate of drug-likeness (QED) is 0.822. The first-order valence-electron chi connectivity index (χ1n) is 5.91. The molecule has 2 aromatic carbocycles. The molecule has 0 saturated heterocycles. The van der Waals surface area contributed by atoms with Crippen molar-refractivity contribution in [1.29, 1.82) is 0 Å². The van der Waals surface area contributed by atoms with Gasteiger partial charge >= 0.3 is 0 Å². The van der Waals surface area contributed by atoms with Crippen LogP contribution < -0.4 is 0 Å². The average Bonchev–Trinajstić information content (AvgIpc) is 2.37. The largest absolute Gasteiger partial charge is 0.392 e. The summed E-state index contributed by atoms with van der Waals surface area (Å²) in [5.41, 5.74) is 2.07. The summed E-state index contributed by atoms with van der Waals surface area (Å²) in [6.45, 7) is 0. The summed E-state index contributed by atoms with van der Waals surface area (Å²) in [4.78, 5) is 0. The van der Waals surface area contributed by atoms with Crippen LogP contribution in [-0.2, 0) is 12.8 Å². The Morgan fingerprint density at radius 3 is 2.42 bits per heavy atom. The fourth-order valence-electron chi connectivity index (χ4n) is 1.93. The standard InChI is InChI=1S/C15H13BrCl2O/c16-13-4-2-1-3-11(13)9-12(19)7-10-5-6-14(17)15(18)8-10/h1-6,8,12,19H,7,9H2. The molecule has 0 radical (unpaired) electrons. The predicted octanol–water partition coefficient (Wildman–Crippen LogP) is 4.90. The van der Waals surface area contributed by atoms with E-state index >= 15 is 0 Å². The van der Waals surface area contributed by atoms with E-state index in [-0.39, 0.29) is 0 Å². The molecule has 0 aliphatic carbocycles. The predicted molar refractivity (Wildman–Crippen MR) is 84.0 cm³/mol. The molecule has 2 rings (SSSR count). The van der Waals surface area contributed by atoms with Crippen molar-refractivity contribution in [2.24, 2.45) is 0 Å². The van der Waals surface area contributed by atoms with Crippen LogP contribution in [0.15, 0.2) is 46.9 Å². The molecule has 0 spiro atoms. The number of rotatable bonds is 4. The van der Waals surface area contributed by atoms with E-state index in [1.165, 1.54) is 0 Å². The van der Waals surface area contributed by atoms with Gasteiger partial charge in [-0.15, -0.1) is 0 Å². The molecule has 0 saturated carbocycles.